The lowest BCUT2D eigenvalue weighted by molar-refractivity contribution is 1.09. The molecule has 0 saturated heterocycles. The number of anilines is 1. The molecule has 72 valence electrons. The Bertz CT molecular complexity index is 421. The van der Waals surface area contributed by atoms with Gasteiger partial charge < -0.3 is 5.32 Å². The molecule has 5 heteroatoms. The molecule has 0 radical (unpaired) electrons. The second-order valence-corrected chi connectivity index (χ2v) is 3.83. The van der Waals surface area contributed by atoms with Gasteiger partial charge in [-0.3, -0.25) is 4.98 Å². The summed E-state index contributed by atoms with van der Waals surface area (Å²) in [6.45, 7) is 1.96. The average molecular weight is 206 g/mol. The maximum atomic E-state index is 4.21. The van der Waals surface area contributed by atoms with Crippen LogP contribution in [0.25, 0.3) is 10.6 Å². The number of hydrogen-bond acceptors (Lipinski definition) is 5. The molecule has 2 aromatic rings. The molecule has 0 spiro atoms. The number of pyridine rings is 1. The van der Waals surface area contributed by atoms with Crippen molar-refractivity contribution in [3.8, 4) is 10.6 Å². The topological polar surface area (TPSA) is 50.7 Å². The summed E-state index contributed by atoms with van der Waals surface area (Å²) >= 11 is 1.52. The highest BCUT2D eigenvalue weighted by Gasteiger charge is 2.04. The van der Waals surface area contributed by atoms with Crippen LogP contribution in [0.5, 0.6) is 0 Å². The van der Waals surface area contributed by atoms with Gasteiger partial charge in [0.15, 0.2) is 5.01 Å². The summed E-state index contributed by atoms with van der Waals surface area (Å²) in [6, 6.07) is 3.97. The molecule has 0 aliphatic rings. The van der Waals surface area contributed by atoms with Crippen molar-refractivity contribution < 1.29 is 0 Å². The SMILES string of the molecule is CNc1nnc(-c2ccc(C)nc2)s1. The maximum Gasteiger partial charge on any atom is 0.205 e. The van der Waals surface area contributed by atoms with E-state index >= 15 is 0 Å². The monoisotopic (exact) mass is 206 g/mol. The van der Waals surface area contributed by atoms with Gasteiger partial charge in [-0.05, 0) is 19.1 Å². The lowest BCUT2D eigenvalue weighted by Gasteiger charge is -1.94. The molecule has 0 amide bonds. The Morgan fingerprint density at radius 1 is 1.29 bits per heavy atom. The van der Waals surface area contributed by atoms with Gasteiger partial charge in [0.05, 0.1) is 0 Å². The predicted octanol–water partition coefficient (Wildman–Crippen LogP) is 1.95. The van der Waals surface area contributed by atoms with Gasteiger partial charge in [-0.15, -0.1) is 10.2 Å². The molecule has 4 nitrogen and oxygen atoms in total. The highest BCUT2D eigenvalue weighted by atomic mass is 32.1. The van der Waals surface area contributed by atoms with Crippen molar-refractivity contribution >= 4 is 16.5 Å². The van der Waals surface area contributed by atoms with E-state index in [0.29, 0.717) is 0 Å². The molecule has 14 heavy (non-hydrogen) atoms. The van der Waals surface area contributed by atoms with Crippen molar-refractivity contribution in [2.45, 2.75) is 6.92 Å². The van der Waals surface area contributed by atoms with E-state index in [9.17, 15) is 0 Å². The van der Waals surface area contributed by atoms with E-state index in [2.05, 4.69) is 20.5 Å². The summed E-state index contributed by atoms with van der Waals surface area (Å²) in [6.07, 6.45) is 1.81. The van der Waals surface area contributed by atoms with Gasteiger partial charge in [0, 0.05) is 24.5 Å². The van der Waals surface area contributed by atoms with Gasteiger partial charge in [0.1, 0.15) is 0 Å². The van der Waals surface area contributed by atoms with Gasteiger partial charge in [-0.2, -0.15) is 0 Å². The van der Waals surface area contributed by atoms with E-state index in [0.717, 1.165) is 21.4 Å². The van der Waals surface area contributed by atoms with E-state index in [1.165, 1.54) is 11.3 Å². The number of hydrogen-bond donors (Lipinski definition) is 1. The molecule has 0 saturated carbocycles. The summed E-state index contributed by atoms with van der Waals surface area (Å²) < 4.78 is 0. The molecule has 0 fully saturated rings. The third-order valence-electron chi connectivity index (χ3n) is 1.80. The third kappa shape index (κ3) is 1.72. The maximum absolute atomic E-state index is 4.21. The first-order chi connectivity index (χ1) is 6.79. The first kappa shape index (κ1) is 9.08. The molecular weight excluding hydrogens is 196 g/mol. The molecule has 0 aliphatic heterocycles. The minimum Gasteiger partial charge on any atom is -0.363 e. The summed E-state index contributed by atoms with van der Waals surface area (Å²) in [5.41, 5.74) is 2.02. The van der Waals surface area contributed by atoms with Crippen molar-refractivity contribution in [2.75, 3.05) is 12.4 Å². The summed E-state index contributed by atoms with van der Waals surface area (Å²) in [5, 5.41) is 12.7. The summed E-state index contributed by atoms with van der Waals surface area (Å²) in [4.78, 5) is 4.21. The van der Waals surface area contributed by atoms with Gasteiger partial charge >= 0.3 is 0 Å². The van der Waals surface area contributed by atoms with Crippen LogP contribution in [-0.4, -0.2) is 22.2 Å². The van der Waals surface area contributed by atoms with Crippen LogP contribution in [0.2, 0.25) is 0 Å². The van der Waals surface area contributed by atoms with Crippen LogP contribution in [-0.2, 0) is 0 Å². The first-order valence-corrected chi connectivity index (χ1v) is 5.05. The average Bonchev–Trinajstić information content (AvgIpc) is 2.67. The minimum absolute atomic E-state index is 0.820. The Hall–Kier alpha value is -1.49. The van der Waals surface area contributed by atoms with E-state index in [1.807, 2.05) is 32.3 Å². The molecule has 0 atom stereocenters. The normalized spacial score (nSPS) is 10.1. The molecule has 0 aromatic carbocycles. The lowest BCUT2D eigenvalue weighted by Crippen LogP contribution is -1.84. The van der Waals surface area contributed by atoms with Gasteiger partial charge in [0.2, 0.25) is 5.13 Å². The molecule has 2 rings (SSSR count). The zero-order valence-electron chi connectivity index (χ0n) is 7.98. The van der Waals surface area contributed by atoms with Crippen LogP contribution in [0.3, 0.4) is 0 Å². The van der Waals surface area contributed by atoms with Gasteiger partial charge in [-0.25, -0.2) is 0 Å². The van der Waals surface area contributed by atoms with E-state index in [-0.39, 0.29) is 0 Å². The molecule has 2 heterocycles. The van der Waals surface area contributed by atoms with Crippen LogP contribution in [0.15, 0.2) is 18.3 Å². The van der Waals surface area contributed by atoms with Crippen molar-refractivity contribution in [3.63, 3.8) is 0 Å². The third-order valence-corrected chi connectivity index (χ3v) is 2.79. The largest absolute Gasteiger partial charge is 0.363 e. The van der Waals surface area contributed by atoms with Crippen LogP contribution in [0.1, 0.15) is 5.69 Å². The molecule has 0 aliphatic carbocycles. The number of rotatable bonds is 2. The Kier molecular flexibility index (Phi) is 2.41. The number of nitrogens with zero attached hydrogens (tertiary/aromatic N) is 3. The van der Waals surface area contributed by atoms with Crippen LogP contribution in [0.4, 0.5) is 5.13 Å². The van der Waals surface area contributed by atoms with Gasteiger partial charge in [-0.1, -0.05) is 11.3 Å². The Morgan fingerprint density at radius 2 is 2.14 bits per heavy atom. The van der Waals surface area contributed by atoms with Gasteiger partial charge in [0.25, 0.3) is 0 Å². The Labute approximate surface area is 86.0 Å². The smallest absolute Gasteiger partial charge is 0.205 e. The minimum atomic E-state index is 0.820. The summed E-state index contributed by atoms with van der Waals surface area (Å²) in [5.74, 6) is 0. The second-order valence-electron chi connectivity index (χ2n) is 2.85. The van der Waals surface area contributed by atoms with E-state index in [4.69, 9.17) is 0 Å². The van der Waals surface area contributed by atoms with Crippen molar-refractivity contribution in [2.24, 2.45) is 0 Å². The second kappa shape index (κ2) is 3.71. The first-order valence-electron chi connectivity index (χ1n) is 4.24. The number of aryl methyl sites for hydroxylation is 1. The standard InChI is InChI=1S/C9H10N4S/c1-6-3-4-7(5-11-6)8-12-13-9(10-2)14-8/h3-5H,1-2H3,(H,10,13). The zero-order chi connectivity index (χ0) is 9.97. The van der Waals surface area contributed by atoms with Crippen LogP contribution >= 0.6 is 11.3 Å². The lowest BCUT2D eigenvalue weighted by atomic mass is 10.3. The fourth-order valence-corrected chi connectivity index (χ4v) is 1.72. The molecule has 0 unspecified atom stereocenters. The van der Waals surface area contributed by atoms with E-state index in [1.54, 1.807) is 0 Å². The van der Waals surface area contributed by atoms with Crippen molar-refractivity contribution in [1.29, 1.82) is 0 Å². The predicted molar refractivity (Wildman–Crippen MR) is 57.4 cm³/mol. The molecule has 2 aromatic heterocycles. The van der Waals surface area contributed by atoms with Crippen molar-refractivity contribution in [3.05, 3.63) is 24.0 Å². The molecule has 1 N–H and O–H groups in total. The number of nitrogens with one attached hydrogen (secondary N) is 1. The number of aromatic nitrogens is 3. The van der Waals surface area contributed by atoms with Crippen LogP contribution in [0, 0.1) is 6.92 Å². The molecular formula is C9H10N4S. The zero-order valence-corrected chi connectivity index (χ0v) is 8.80. The Morgan fingerprint density at radius 3 is 2.71 bits per heavy atom. The fraction of sp³-hybridized carbons (Fsp3) is 0.222. The van der Waals surface area contributed by atoms with E-state index < -0.39 is 0 Å². The highest BCUT2D eigenvalue weighted by molar-refractivity contribution is 7.18. The quantitative estimate of drug-likeness (QED) is 0.816. The fourth-order valence-electron chi connectivity index (χ4n) is 1.04. The van der Waals surface area contributed by atoms with Crippen molar-refractivity contribution in [1.82, 2.24) is 15.2 Å². The van der Waals surface area contributed by atoms with Crippen LogP contribution < -0.4 is 5.32 Å². The molecule has 0 bridgehead atoms. The Balaban J connectivity index is 2.34. The highest BCUT2D eigenvalue weighted by Crippen LogP contribution is 2.25. The summed E-state index contributed by atoms with van der Waals surface area (Å²) in [7, 11) is 1.83.